The molecule has 0 spiro atoms. The largest absolute Gasteiger partial charge is 0.459 e. The lowest BCUT2D eigenvalue weighted by Gasteiger charge is -1.98. The third kappa shape index (κ3) is 2.85. The Labute approximate surface area is 124 Å². The quantitative estimate of drug-likeness (QED) is 0.792. The molecule has 1 N–H and O–H groups in total. The molecule has 0 fully saturated rings. The SMILES string of the molecule is Cc1sc(NC(=O)c2ccco2)nc1-c1ccc(F)cc1. The Hall–Kier alpha value is -2.47. The molecule has 0 aliphatic rings. The number of aromatic nitrogens is 1. The van der Waals surface area contributed by atoms with Crippen molar-refractivity contribution in [2.45, 2.75) is 6.92 Å². The minimum atomic E-state index is -0.348. The van der Waals surface area contributed by atoms with Gasteiger partial charge in [0.25, 0.3) is 5.91 Å². The number of carbonyl (C=O) groups excluding carboxylic acids is 1. The highest BCUT2D eigenvalue weighted by Crippen LogP contribution is 2.30. The van der Waals surface area contributed by atoms with Crippen LogP contribution in [0, 0.1) is 12.7 Å². The summed E-state index contributed by atoms with van der Waals surface area (Å²) in [6.45, 7) is 1.90. The fourth-order valence-electron chi connectivity index (χ4n) is 1.89. The Morgan fingerprint density at radius 3 is 2.71 bits per heavy atom. The van der Waals surface area contributed by atoms with Gasteiger partial charge in [0.1, 0.15) is 5.82 Å². The molecule has 0 radical (unpaired) electrons. The van der Waals surface area contributed by atoms with Crippen molar-refractivity contribution in [1.29, 1.82) is 0 Å². The molecule has 21 heavy (non-hydrogen) atoms. The van der Waals surface area contributed by atoms with E-state index in [0.717, 1.165) is 16.1 Å². The van der Waals surface area contributed by atoms with Gasteiger partial charge in [-0.2, -0.15) is 0 Å². The first kappa shape index (κ1) is 13.5. The molecule has 0 unspecified atom stereocenters. The van der Waals surface area contributed by atoms with E-state index in [1.807, 2.05) is 6.92 Å². The number of furan rings is 1. The maximum absolute atomic E-state index is 13.0. The Morgan fingerprint density at radius 2 is 2.05 bits per heavy atom. The zero-order chi connectivity index (χ0) is 14.8. The van der Waals surface area contributed by atoms with Gasteiger partial charge >= 0.3 is 0 Å². The van der Waals surface area contributed by atoms with Gasteiger partial charge in [0.15, 0.2) is 10.9 Å². The summed E-state index contributed by atoms with van der Waals surface area (Å²) in [5.41, 5.74) is 1.54. The van der Waals surface area contributed by atoms with Crippen molar-refractivity contribution in [2.24, 2.45) is 0 Å². The fraction of sp³-hybridized carbons (Fsp3) is 0.0667. The van der Waals surface area contributed by atoms with E-state index in [2.05, 4.69) is 10.3 Å². The van der Waals surface area contributed by atoms with Crippen molar-refractivity contribution in [3.05, 3.63) is 59.1 Å². The van der Waals surface area contributed by atoms with Gasteiger partial charge in [-0.15, -0.1) is 11.3 Å². The minimum absolute atomic E-state index is 0.228. The van der Waals surface area contributed by atoms with Crippen molar-refractivity contribution in [2.75, 3.05) is 5.32 Å². The van der Waals surface area contributed by atoms with Gasteiger partial charge in [0, 0.05) is 10.4 Å². The van der Waals surface area contributed by atoms with Gasteiger partial charge in [0.05, 0.1) is 12.0 Å². The van der Waals surface area contributed by atoms with Gasteiger partial charge < -0.3 is 4.42 Å². The van der Waals surface area contributed by atoms with Crippen LogP contribution in [0.1, 0.15) is 15.4 Å². The average molecular weight is 302 g/mol. The van der Waals surface area contributed by atoms with Gasteiger partial charge in [-0.1, -0.05) is 0 Å². The first-order valence-electron chi connectivity index (χ1n) is 6.22. The molecule has 106 valence electrons. The predicted molar refractivity (Wildman–Crippen MR) is 78.9 cm³/mol. The lowest BCUT2D eigenvalue weighted by Crippen LogP contribution is -2.10. The maximum atomic E-state index is 13.0. The summed E-state index contributed by atoms with van der Waals surface area (Å²) in [6, 6.07) is 9.32. The molecule has 2 heterocycles. The van der Waals surface area contributed by atoms with Crippen LogP contribution < -0.4 is 5.32 Å². The summed E-state index contributed by atoms with van der Waals surface area (Å²) < 4.78 is 18.0. The first-order valence-corrected chi connectivity index (χ1v) is 7.03. The van der Waals surface area contributed by atoms with Crippen LogP contribution in [0.15, 0.2) is 47.1 Å². The Kier molecular flexibility index (Phi) is 3.53. The van der Waals surface area contributed by atoms with E-state index in [0.29, 0.717) is 5.13 Å². The van der Waals surface area contributed by atoms with Gasteiger partial charge in [-0.05, 0) is 43.3 Å². The number of halogens is 1. The number of anilines is 1. The minimum Gasteiger partial charge on any atom is -0.459 e. The van der Waals surface area contributed by atoms with E-state index in [-0.39, 0.29) is 17.5 Å². The van der Waals surface area contributed by atoms with Crippen LogP contribution in [0.25, 0.3) is 11.3 Å². The smallest absolute Gasteiger partial charge is 0.293 e. The van der Waals surface area contributed by atoms with Crippen LogP contribution in [-0.4, -0.2) is 10.9 Å². The lowest BCUT2D eigenvalue weighted by molar-refractivity contribution is 0.0996. The highest BCUT2D eigenvalue weighted by Gasteiger charge is 2.14. The van der Waals surface area contributed by atoms with E-state index in [9.17, 15) is 9.18 Å². The second-order valence-corrected chi connectivity index (χ2v) is 5.57. The molecule has 3 aromatic rings. The molecule has 6 heteroatoms. The number of carbonyl (C=O) groups is 1. The van der Waals surface area contributed by atoms with Crippen LogP contribution in [0.4, 0.5) is 9.52 Å². The molecule has 2 aromatic heterocycles. The van der Waals surface area contributed by atoms with Crippen molar-refractivity contribution in [3.63, 3.8) is 0 Å². The number of benzene rings is 1. The second-order valence-electron chi connectivity index (χ2n) is 4.36. The van der Waals surface area contributed by atoms with E-state index >= 15 is 0 Å². The summed E-state index contributed by atoms with van der Waals surface area (Å²) in [6.07, 6.45) is 1.44. The standard InChI is InChI=1S/C15H11FN2O2S/c1-9-13(10-4-6-11(16)7-5-10)17-15(21-9)18-14(19)12-3-2-8-20-12/h2-8H,1H3,(H,17,18,19). The Balaban J connectivity index is 1.84. The van der Waals surface area contributed by atoms with Crippen LogP contribution in [-0.2, 0) is 0 Å². The highest BCUT2D eigenvalue weighted by molar-refractivity contribution is 7.16. The highest BCUT2D eigenvalue weighted by atomic mass is 32.1. The molecular weight excluding hydrogens is 291 g/mol. The van der Waals surface area contributed by atoms with Crippen molar-refractivity contribution in [1.82, 2.24) is 4.98 Å². The molecular formula is C15H11FN2O2S. The normalized spacial score (nSPS) is 10.6. The van der Waals surface area contributed by atoms with E-state index in [4.69, 9.17) is 4.42 Å². The summed E-state index contributed by atoms with van der Waals surface area (Å²) in [7, 11) is 0. The first-order chi connectivity index (χ1) is 10.1. The number of rotatable bonds is 3. The molecule has 1 aromatic carbocycles. The average Bonchev–Trinajstić information content (AvgIpc) is 3.10. The lowest BCUT2D eigenvalue weighted by atomic mass is 10.1. The number of hydrogen-bond donors (Lipinski definition) is 1. The molecule has 0 aliphatic carbocycles. The van der Waals surface area contributed by atoms with Gasteiger partial charge in [0.2, 0.25) is 0 Å². The zero-order valence-electron chi connectivity index (χ0n) is 11.1. The molecule has 0 aliphatic heterocycles. The topological polar surface area (TPSA) is 55.1 Å². The van der Waals surface area contributed by atoms with Gasteiger partial charge in [-0.25, -0.2) is 9.37 Å². The van der Waals surface area contributed by atoms with Crippen molar-refractivity contribution < 1.29 is 13.6 Å². The fourth-order valence-corrected chi connectivity index (χ4v) is 2.72. The maximum Gasteiger partial charge on any atom is 0.293 e. The van der Waals surface area contributed by atoms with E-state index in [1.54, 1.807) is 24.3 Å². The molecule has 0 bridgehead atoms. The molecule has 4 nitrogen and oxygen atoms in total. The monoisotopic (exact) mass is 302 g/mol. The second kappa shape index (κ2) is 5.49. The van der Waals surface area contributed by atoms with Crippen LogP contribution in [0.5, 0.6) is 0 Å². The number of aryl methyl sites for hydroxylation is 1. The number of hydrogen-bond acceptors (Lipinski definition) is 4. The summed E-state index contributed by atoms with van der Waals surface area (Å²) in [5, 5.41) is 3.17. The Bertz CT molecular complexity index is 764. The predicted octanol–water partition coefficient (Wildman–Crippen LogP) is 4.10. The summed E-state index contributed by atoms with van der Waals surface area (Å²) >= 11 is 1.36. The third-order valence-electron chi connectivity index (χ3n) is 2.88. The molecule has 3 rings (SSSR count). The van der Waals surface area contributed by atoms with Crippen LogP contribution >= 0.6 is 11.3 Å². The number of thiazole rings is 1. The van der Waals surface area contributed by atoms with E-state index in [1.165, 1.54) is 29.7 Å². The molecule has 0 atom stereocenters. The van der Waals surface area contributed by atoms with E-state index < -0.39 is 0 Å². The van der Waals surface area contributed by atoms with Crippen molar-refractivity contribution >= 4 is 22.4 Å². The molecule has 1 amide bonds. The Morgan fingerprint density at radius 1 is 1.29 bits per heavy atom. The third-order valence-corrected chi connectivity index (χ3v) is 3.77. The zero-order valence-corrected chi connectivity index (χ0v) is 11.9. The number of nitrogens with zero attached hydrogens (tertiary/aromatic N) is 1. The van der Waals surface area contributed by atoms with Crippen molar-refractivity contribution in [3.8, 4) is 11.3 Å². The van der Waals surface area contributed by atoms with Crippen LogP contribution in [0.3, 0.4) is 0 Å². The van der Waals surface area contributed by atoms with Crippen LogP contribution in [0.2, 0.25) is 0 Å². The van der Waals surface area contributed by atoms with Gasteiger partial charge in [-0.3, -0.25) is 10.1 Å². The summed E-state index contributed by atoms with van der Waals surface area (Å²) in [5.74, 6) is -0.413. The molecule has 0 saturated carbocycles. The number of nitrogens with one attached hydrogen (secondary N) is 1. The molecule has 0 saturated heterocycles. The number of amides is 1. The summed E-state index contributed by atoms with van der Waals surface area (Å²) in [4.78, 5) is 17.2.